The van der Waals surface area contributed by atoms with Gasteiger partial charge in [0.2, 0.25) is 0 Å². The molecule has 0 aliphatic heterocycles. The molecule has 7 nitrogen and oxygen atoms in total. The highest BCUT2D eigenvalue weighted by atomic mass is 16.4. The third-order valence-electron chi connectivity index (χ3n) is 2.08. The molecule has 0 radical (unpaired) electrons. The fraction of sp³-hybridized carbons (Fsp3) is 0.200. The number of rotatable bonds is 3. The molecule has 7 heteroatoms. The van der Waals surface area contributed by atoms with Gasteiger partial charge in [0.15, 0.2) is 5.82 Å². The van der Waals surface area contributed by atoms with E-state index in [4.69, 9.17) is 5.11 Å². The summed E-state index contributed by atoms with van der Waals surface area (Å²) in [6.45, 7) is 1.41. The van der Waals surface area contributed by atoms with E-state index in [1.54, 1.807) is 12.4 Å². The van der Waals surface area contributed by atoms with E-state index in [0.717, 1.165) is 10.2 Å². The van der Waals surface area contributed by atoms with Crippen LogP contribution in [0.2, 0.25) is 0 Å². The first-order chi connectivity index (χ1) is 8.06. The normalized spacial score (nSPS) is 10.4. The minimum Gasteiger partial charge on any atom is -0.480 e. The molecule has 0 aromatic carbocycles. The van der Waals surface area contributed by atoms with Crippen LogP contribution in [0.25, 0.3) is 5.82 Å². The monoisotopic (exact) mass is 234 g/mol. The van der Waals surface area contributed by atoms with Gasteiger partial charge in [-0.25, -0.2) is 9.36 Å². The molecule has 2 aromatic rings. The van der Waals surface area contributed by atoms with E-state index < -0.39 is 18.1 Å². The molecule has 0 aliphatic carbocycles. The topological polar surface area (TPSA) is 90.0 Å². The SMILES string of the molecule is Cc1cnn(-c2ccc(=O)n(CC(=O)O)n2)c1. The van der Waals surface area contributed by atoms with Gasteiger partial charge < -0.3 is 5.11 Å². The summed E-state index contributed by atoms with van der Waals surface area (Å²) < 4.78 is 2.36. The number of aromatic nitrogens is 4. The summed E-state index contributed by atoms with van der Waals surface area (Å²) in [5, 5.41) is 16.6. The van der Waals surface area contributed by atoms with Crippen molar-refractivity contribution in [2.45, 2.75) is 13.5 Å². The Kier molecular flexibility index (Phi) is 2.73. The minimum atomic E-state index is -1.12. The molecule has 2 rings (SSSR count). The van der Waals surface area contributed by atoms with Crippen LogP contribution in [0.4, 0.5) is 0 Å². The van der Waals surface area contributed by atoms with Crippen molar-refractivity contribution in [1.82, 2.24) is 19.6 Å². The summed E-state index contributed by atoms with van der Waals surface area (Å²) in [7, 11) is 0. The number of carboxylic acids is 1. The van der Waals surface area contributed by atoms with Crippen LogP contribution in [0.15, 0.2) is 29.3 Å². The number of nitrogens with zero attached hydrogens (tertiary/aromatic N) is 4. The fourth-order valence-corrected chi connectivity index (χ4v) is 1.34. The van der Waals surface area contributed by atoms with Crippen molar-refractivity contribution in [2.75, 3.05) is 0 Å². The summed E-state index contributed by atoms with van der Waals surface area (Å²) >= 11 is 0. The lowest BCUT2D eigenvalue weighted by Gasteiger charge is -2.04. The van der Waals surface area contributed by atoms with E-state index in [1.165, 1.54) is 16.8 Å². The Morgan fingerprint density at radius 2 is 2.24 bits per heavy atom. The lowest BCUT2D eigenvalue weighted by Crippen LogP contribution is -2.26. The zero-order valence-corrected chi connectivity index (χ0v) is 9.07. The van der Waals surface area contributed by atoms with Crippen molar-refractivity contribution in [2.24, 2.45) is 0 Å². The van der Waals surface area contributed by atoms with Crippen LogP contribution in [0, 0.1) is 6.92 Å². The Bertz CT molecular complexity index is 614. The van der Waals surface area contributed by atoms with Gasteiger partial charge in [-0.2, -0.15) is 5.10 Å². The summed E-state index contributed by atoms with van der Waals surface area (Å²) in [5.74, 6) is -0.715. The second-order valence-corrected chi connectivity index (χ2v) is 3.54. The van der Waals surface area contributed by atoms with Crippen LogP contribution in [0.5, 0.6) is 0 Å². The molecule has 0 saturated heterocycles. The molecule has 0 amide bonds. The van der Waals surface area contributed by atoms with Gasteiger partial charge in [-0.15, -0.1) is 5.10 Å². The van der Waals surface area contributed by atoms with E-state index >= 15 is 0 Å². The summed E-state index contributed by atoms with van der Waals surface area (Å²) in [5.41, 5.74) is 0.489. The second kappa shape index (κ2) is 4.20. The highest BCUT2D eigenvalue weighted by molar-refractivity contribution is 5.66. The third-order valence-corrected chi connectivity index (χ3v) is 2.08. The molecule has 88 valence electrons. The Morgan fingerprint density at radius 3 is 2.82 bits per heavy atom. The van der Waals surface area contributed by atoms with Crippen LogP contribution < -0.4 is 5.56 Å². The molecular weight excluding hydrogens is 224 g/mol. The molecule has 17 heavy (non-hydrogen) atoms. The molecule has 0 aliphatic rings. The largest absolute Gasteiger partial charge is 0.480 e. The van der Waals surface area contributed by atoms with Crippen LogP contribution in [-0.4, -0.2) is 30.6 Å². The molecule has 1 N–H and O–H groups in total. The van der Waals surface area contributed by atoms with Gasteiger partial charge in [0.1, 0.15) is 6.54 Å². The second-order valence-electron chi connectivity index (χ2n) is 3.54. The Morgan fingerprint density at radius 1 is 1.47 bits per heavy atom. The molecule has 0 fully saturated rings. The van der Waals surface area contributed by atoms with Crippen LogP contribution >= 0.6 is 0 Å². The molecule has 0 bridgehead atoms. The zero-order valence-electron chi connectivity index (χ0n) is 9.07. The lowest BCUT2D eigenvalue weighted by atomic mass is 10.4. The molecule has 0 atom stereocenters. The zero-order chi connectivity index (χ0) is 12.4. The van der Waals surface area contributed by atoms with Gasteiger partial charge in [0.05, 0.1) is 6.20 Å². The van der Waals surface area contributed by atoms with Gasteiger partial charge in [-0.05, 0) is 18.6 Å². The predicted octanol–water partition coefficient (Wildman–Crippen LogP) is -0.178. The lowest BCUT2D eigenvalue weighted by molar-refractivity contribution is -0.138. The quantitative estimate of drug-likeness (QED) is 0.795. The standard InChI is InChI=1S/C10H10N4O3/c1-7-4-11-13(5-7)8-2-3-9(15)14(12-8)6-10(16)17/h2-5H,6H2,1H3,(H,16,17). The average Bonchev–Trinajstić information content (AvgIpc) is 2.67. The van der Waals surface area contributed by atoms with Gasteiger partial charge in [0, 0.05) is 12.3 Å². The maximum absolute atomic E-state index is 11.4. The van der Waals surface area contributed by atoms with E-state index in [0.29, 0.717) is 5.82 Å². The minimum absolute atomic E-state index is 0.402. The summed E-state index contributed by atoms with van der Waals surface area (Å²) in [6.07, 6.45) is 3.38. The Labute approximate surface area is 95.9 Å². The van der Waals surface area contributed by atoms with E-state index in [-0.39, 0.29) is 0 Å². The smallest absolute Gasteiger partial charge is 0.325 e. The fourth-order valence-electron chi connectivity index (χ4n) is 1.34. The summed E-state index contributed by atoms with van der Waals surface area (Å²) in [4.78, 5) is 21.9. The number of hydrogen-bond donors (Lipinski definition) is 1. The van der Waals surface area contributed by atoms with Gasteiger partial charge >= 0.3 is 5.97 Å². The van der Waals surface area contributed by atoms with Crippen molar-refractivity contribution >= 4 is 5.97 Å². The number of hydrogen-bond acceptors (Lipinski definition) is 4. The molecule has 0 spiro atoms. The van der Waals surface area contributed by atoms with E-state index in [1.807, 2.05) is 6.92 Å². The maximum atomic E-state index is 11.4. The number of carboxylic acid groups (broad SMARTS) is 1. The first kappa shape index (κ1) is 11.1. The highest BCUT2D eigenvalue weighted by Gasteiger charge is 2.06. The van der Waals surface area contributed by atoms with Crippen LogP contribution in [0.3, 0.4) is 0 Å². The predicted molar refractivity (Wildman–Crippen MR) is 58.0 cm³/mol. The summed E-state index contributed by atoms with van der Waals surface area (Å²) in [6, 6.07) is 2.76. The van der Waals surface area contributed by atoms with Crippen molar-refractivity contribution in [3.63, 3.8) is 0 Å². The van der Waals surface area contributed by atoms with Gasteiger partial charge in [-0.1, -0.05) is 0 Å². The van der Waals surface area contributed by atoms with Crippen molar-refractivity contribution in [3.05, 3.63) is 40.4 Å². The average molecular weight is 234 g/mol. The van der Waals surface area contributed by atoms with E-state index in [9.17, 15) is 9.59 Å². The first-order valence-corrected chi connectivity index (χ1v) is 4.88. The molecule has 0 saturated carbocycles. The highest BCUT2D eigenvalue weighted by Crippen LogP contribution is 2.02. The van der Waals surface area contributed by atoms with E-state index in [2.05, 4.69) is 10.2 Å². The molecule has 2 aromatic heterocycles. The van der Waals surface area contributed by atoms with Crippen molar-refractivity contribution in [1.29, 1.82) is 0 Å². The maximum Gasteiger partial charge on any atom is 0.325 e. The van der Waals surface area contributed by atoms with Gasteiger partial charge in [0.25, 0.3) is 5.56 Å². The first-order valence-electron chi connectivity index (χ1n) is 4.88. The molecule has 2 heterocycles. The Balaban J connectivity index is 2.43. The van der Waals surface area contributed by atoms with Crippen LogP contribution in [0.1, 0.15) is 5.56 Å². The van der Waals surface area contributed by atoms with Gasteiger partial charge in [-0.3, -0.25) is 9.59 Å². The number of aryl methyl sites for hydroxylation is 1. The molecular formula is C10H10N4O3. The van der Waals surface area contributed by atoms with Crippen molar-refractivity contribution in [3.8, 4) is 5.82 Å². The number of carbonyl (C=O) groups is 1. The van der Waals surface area contributed by atoms with Crippen LogP contribution in [-0.2, 0) is 11.3 Å². The van der Waals surface area contributed by atoms with Crippen molar-refractivity contribution < 1.29 is 9.90 Å². The molecule has 0 unspecified atom stereocenters. The third kappa shape index (κ3) is 2.39. The Hall–Kier alpha value is -2.44. The number of aliphatic carboxylic acids is 1.